The lowest BCUT2D eigenvalue weighted by Crippen LogP contribution is -2.45. The normalized spacial score (nSPS) is 14.4. The van der Waals surface area contributed by atoms with Crippen LogP contribution in [0.5, 0.6) is 17.2 Å². The minimum Gasteiger partial charge on any atom is -0.490 e. The third-order valence-corrected chi connectivity index (χ3v) is 7.45. The average Bonchev–Trinajstić information content (AvgIpc) is 3.07. The topological polar surface area (TPSA) is 120 Å². The van der Waals surface area contributed by atoms with Gasteiger partial charge >= 0.3 is 5.97 Å². The molecule has 11 heteroatoms. The van der Waals surface area contributed by atoms with Crippen molar-refractivity contribution in [3.8, 4) is 17.2 Å². The minimum atomic E-state index is -0.626. The largest absolute Gasteiger partial charge is 0.490 e. The molecule has 0 fully saturated rings. The fourth-order valence-corrected chi connectivity index (χ4v) is 5.36. The molecule has 1 aliphatic heterocycles. The zero-order chi connectivity index (χ0) is 33.2. The number of carbonyl (C=O) groups is 2. The van der Waals surface area contributed by atoms with Gasteiger partial charge < -0.3 is 29.6 Å². The number of allylic oxidation sites excluding steroid dienone is 1. The van der Waals surface area contributed by atoms with Gasteiger partial charge in [-0.1, -0.05) is 54.6 Å². The van der Waals surface area contributed by atoms with Crippen LogP contribution in [0, 0.1) is 0 Å². The van der Waals surface area contributed by atoms with E-state index in [4.69, 9.17) is 31.2 Å². The summed E-state index contributed by atoms with van der Waals surface area (Å²) < 4.78 is 23.1. The maximum atomic E-state index is 12.8. The quantitative estimate of drug-likeness (QED) is 0.0723. The number of benzene rings is 4. The lowest BCUT2D eigenvalue weighted by Gasteiger charge is -2.30. The van der Waals surface area contributed by atoms with Crippen LogP contribution in [0.2, 0.25) is 0 Å². The van der Waals surface area contributed by atoms with Crippen LogP contribution < -0.4 is 30.3 Å². The lowest BCUT2D eigenvalue weighted by molar-refractivity contribution is -0.139. The van der Waals surface area contributed by atoms with Crippen LogP contribution in [-0.2, 0) is 20.9 Å². The van der Waals surface area contributed by atoms with Crippen molar-refractivity contribution in [2.75, 3.05) is 19.8 Å². The van der Waals surface area contributed by atoms with Gasteiger partial charge in [0.05, 0.1) is 31.0 Å². The number of nitrogens with one attached hydrogen (secondary N) is 3. The first-order valence-corrected chi connectivity index (χ1v) is 15.6. The number of ether oxygens (including phenoxy) is 4. The zero-order valence-electron chi connectivity index (χ0n) is 26.4. The Morgan fingerprint density at radius 1 is 0.872 bits per heavy atom. The number of hydrogen-bond acceptors (Lipinski definition) is 8. The molecule has 1 atom stereocenters. The number of thiocarbonyl (C=S) groups is 1. The molecule has 4 aromatic rings. The van der Waals surface area contributed by atoms with Gasteiger partial charge in [0.15, 0.2) is 23.2 Å². The maximum absolute atomic E-state index is 12.8. The number of esters is 1. The third-order valence-electron chi connectivity index (χ3n) is 7.23. The second-order valence-corrected chi connectivity index (χ2v) is 10.9. The van der Waals surface area contributed by atoms with Crippen molar-refractivity contribution in [2.24, 2.45) is 5.10 Å². The molecule has 4 aromatic carbocycles. The summed E-state index contributed by atoms with van der Waals surface area (Å²) in [5.74, 6) is 0.636. The number of rotatable bonds is 13. The fourth-order valence-electron chi connectivity index (χ4n) is 5.09. The number of nitrogens with zero attached hydrogens (tertiary/aromatic N) is 1. The van der Waals surface area contributed by atoms with E-state index in [-0.39, 0.29) is 13.2 Å². The summed E-state index contributed by atoms with van der Waals surface area (Å²) in [4.78, 5) is 25.4. The Morgan fingerprint density at radius 3 is 2.47 bits per heavy atom. The van der Waals surface area contributed by atoms with Crippen molar-refractivity contribution < 1.29 is 28.5 Å². The lowest BCUT2D eigenvalue weighted by atomic mass is 9.95. The second-order valence-electron chi connectivity index (χ2n) is 10.5. The van der Waals surface area contributed by atoms with E-state index in [1.54, 1.807) is 38.1 Å². The van der Waals surface area contributed by atoms with Crippen LogP contribution in [0.1, 0.15) is 43.5 Å². The van der Waals surface area contributed by atoms with Gasteiger partial charge in [-0.05, 0) is 85.2 Å². The summed E-state index contributed by atoms with van der Waals surface area (Å²) in [6.45, 7) is 6.15. The molecular weight excluding hydrogens is 616 g/mol. The van der Waals surface area contributed by atoms with E-state index >= 15 is 0 Å². The van der Waals surface area contributed by atoms with Crippen LogP contribution in [-0.4, -0.2) is 43.0 Å². The number of amides is 1. The van der Waals surface area contributed by atoms with Gasteiger partial charge in [0, 0.05) is 11.3 Å². The molecule has 0 spiro atoms. The highest BCUT2D eigenvalue weighted by Gasteiger charge is 2.32. The number of para-hydroxylation sites is 1. The molecule has 47 heavy (non-hydrogen) atoms. The number of fused-ring (bicyclic) bond motifs is 1. The van der Waals surface area contributed by atoms with Crippen LogP contribution >= 0.6 is 12.2 Å². The average molecular weight is 653 g/mol. The summed E-state index contributed by atoms with van der Waals surface area (Å²) in [7, 11) is 0. The molecule has 1 heterocycles. The van der Waals surface area contributed by atoms with E-state index in [9.17, 15) is 9.59 Å². The molecule has 3 N–H and O–H groups in total. The summed E-state index contributed by atoms with van der Waals surface area (Å²) in [6, 6.07) is 26.4. The van der Waals surface area contributed by atoms with Crippen LogP contribution in [0.25, 0.3) is 10.8 Å². The Kier molecular flexibility index (Phi) is 11.0. The van der Waals surface area contributed by atoms with E-state index in [1.807, 2.05) is 43.3 Å². The van der Waals surface area contributed by atoms with Crippen LogP contribution in [0.15, 0.2) is 101 Å². The highest BCUT2D eigenvalue weighted by atomic mass is 32.1. The maximum Gasteiger partial charge on any atom is 0.338 e. The molecule has 1 aliphatic rings. The summed E-state index contributed by atoms with van der Waals surface area (Å²) in [5.41, 5.74) is 5.83. The zero-order valence-corrected chi connectivity index (χ0v) is 27.2. The van der Waals surface area contributed by atoms with Gasteiger partial charge in [-0.25, -0.2) is 10.2 Å². The Balaban J connectivity index is 1.20. The van der Waals surface area contributed by atoms with Crippen molar-refractivity contribution in [1.82, 2.24) is 16.1 Å². The monoisotopic (exact) mass is 652 g/mol. The van der Waals surface area contributed by atoms with Gasteiger partial charge in [0.25, 0.3) is 5.91 Å². The Bertz CT molecular complexity index is 1840. The molecule has 242 valence electrons. The van der Waals surface area contributed by atoms with Gasteiger partial charge in [0.1, 0.15) is 12.4 Å². The summed E-state index contributed by atoms with van der Waals surface area (Å²) in [5, 5.41) is 12.9. The Labute approximate surface area is 278 Å². The van der Waals surface area contributed by atoms with Crippen molar-refractivity contribution in [3.63, 3.8) is 0 Å². The van der Waals surface area contributed by atoms with Crippen molar-refractivity contribution in [2.45, 2.75) is 33.4 Å². The Morgan fingerprint density at radius 2 is 1.66 bits per heavy atom. The molecule has 5 rings (SSSR count). The smallest absolute Gasteiger partial charge is 0.338 e. The highest BCUT2D eigenvalue weighted by Crippen LogP contribution is 2.34. The minimum absolute atomic E-state index is 0.225. The second kappa shape index (κ2) is 15.7. The third kappa shape index (κ3) is 8.44. The van der Waals surface area contributed by atoms with Crippen molar-refractivity contribution in [1.29, 1.82) is 0 Å². The van der Waals surface area contributed by atoms with E-state index < -0.39 is 17.9 Å². The van der Waals surface area contributed by atoms with Gasteiger partial charge in [-0.2, -0.15) is 5.10 Å². The van der Waals surface area contributed by atoms with Crippen molar-refractivity contribution in [3.05, 3.63) is 113 Å². The molecule has 10 nitrogen and oxygen atoms in total. The first-order chi connectivity index (χ1) is 22.9. The molecule has 0 saturated heterocycles. The molecule has 0 unspecified atom stereocenters. The molecular formula is C36H36N4O6S. The van der Waals surface area contributed by atoms with E-state index in [0.717, 1.165) is 10.9 Å². The summed E-state index contributed by atoms with van der Waals surface area (Å²) >= 11 is 5.33. The van der Waals surface area contributed by atoms with E-state index in [0.29, 0.717) is 58.0 Å². The number of hydrogen-bond donors (Lipinski definition) is 3. The highest BCUT2D eigenvalue weighted by molar-refractivity contribution is 7.80. The SMILES string of the molecule is CCOC(=O)C1=C(C)NC(=S)N[C@H]1c1ccccc1OCC(=O)NN=Cc1ccc(OCc2ccc3ccccc3c2)c(OCC)c1. The fraction of sp³-hybridized carbons (Fsp3) is 0.222. The predicted octanol–water partition coefficient (Wildman–Crippen LogP) is 5.70. The van der Waals surface area contributed by atoms with Gasteiger partial charge in [-0.15, -0.1) is 0 Å². The number of carbonyl (C=O) groups excluding carboxylic acids is 2. The van der Waals surface area contributed by atoms with E-state index in [1.165, 1.54) is 11.6 Å². The number of hydrazone groups is 1. The predicted molar refractivity (Wildman–Crippen MR) is 185 cm³/mol. The molecule has 0 saturated carbocycles. The molecule has 0 aromatic heterocycles. The molecule has 0 bridgehead atoms. The van der Waals surface area contributed by atoms with Crippen LogP contribution in [0.3, 0.4) is 0 Å². The van der Waals surface area contributed by atoms with Gasteiger partial charge in [0.2, 0.25) is 0 Å². The molecule has 1 amide bonds. The van der Waals surface area contributed by atoms with Crippen LogP contribution in [0.4, 0.5) is 0 Å². The van der Waals surface area contributed by atoms with Gasteiger partial charge in [-0.3, -0.25) is 4.79 Å². The summed E-state index contributed by atoms with van der Waals surface area (Å²) in [6.07, 6.45) is 1.51. The standard InChI is InChI=1S/C36H36N4O6S/c1-4-43-31-19-24(15-17-30(31)45-21-25-14-16-26-10-6-7-11-27(26)18-25)20-37-40-32(41)22-46-29-13-9-8-12-28(29)34-33(35(42)44-5-2)23(3)38-36(47)39-34/h6-20,34H,4-5,21-22H2,1-3H3,(H,40,41)(H2,38,39,47)/t34-/m0/s1. The first kappa shape index (κ1) is 33.0. The van der Waals surface area contributed by atoms with E-state index in [2.05, 4.69) is 45.4 Å². The molecule has 0 aliphatic carbocycles. The molecule has 0 radical (unpaired) electrons. The Hall–Kier alpha value is -5.42. The first-order valence-electron chi connectivity index (χ1n) is 15.2. The van der Waals surface area contributed by atoms with Crippen molar-refractivity contribution >= 4 is 46.2 Å².